The van der Waals surface area contributed by atoms with Crippen molar-refractivity contribution in [2.75, 3.05) is 26.2 Å². The lowest BCUT2D eigenvalue weighted by Gasteiger charge is -2.31. The molecule has 1 aromatic rings. The number of hydrogen-bond acceptors (Lipinski definition) is 4. The van der Waals surface area contributed by atoms with E-state index in [1.165, 1.54) is 12.8 Å². The lowest BCUT2D eigenvalue weighted by atomic mass is 9.92. The van der Waals surface area contributed by atoms with Crippen LogP contribution in [-0.4, -0.2) is 52.7 Å². The van der Waals surface area contributed by atoms with Gasteiger partial charge < -0.3 is 14.6 Å². The summed E-state index contributed by atoms with van der Waals surface area (Å²) in [5.41, 5.74) is 0. The number of nitrogens with zero attached hydrogens (tertiary/aromatic N) is 3. The number of amides is 1. The Labute approximate surface area is 150 Å². The molecular weight excluding hydrogens is 316 g/mol. The molecule has 0 bridgehead atoms. The van der Waals surface area contributed by atoms with Crippen molar-refractivity contribution in [2.24, 2.45) is 5.92 Å². The maximum absolute atomic E-state index is 12.0. The third-order valence-electron chi connectivity index (χ3n) is 5.55. The van der Waals surface area contributed by atoms with Gasteiger partial charge in [0, 0.05) is 38.5 Å². The molecule has 1 aromatic heterocycles. The van der Waals surface area contributed by atoms with Gasteiger partial charge in [-0.05, 0) is 58.0 Å². The Bertz CT molecular complexity index is 531. The van der Waals surface area contributed by atoms with Gasteiger partial charge in [-0.2, -0.15) is 0 Å². The van der Waals surface area contributed by atoms with Crippen LogP contribution in [0.3, 0.4) is 0 Å². The summed E-state index contributed by atoms with van der Waals surface area (Å²) in [5.74, 6) is 2.02. The van der Waals surface area contributed by atoms with Crippen LogP contribution in [0.15, 0.2) is 12.4 Å². The summed E-state index contributed by atoms with van der Waals surface area (Å²) in [7, 11) is 0. The van der Waals surface area contributed by atoms with Gasteiger partial charge in [0.25, 0.3) is 0 Å². The molecule has 1 unspecified atom stereocenters. The number of rotatable bonds is 8. The van der Waals surface area contributed by atoms with E-state index in [1.54, 1.807) is 0 Å². The van der Waals surface area contributed by atoms with Gasteiger partial charge >= 0.3 is 0 Å². The van der Waals surface area contributed by atoms with E-state index in [0.717, 1.165) is 57.9 Å². The first-order valence-corrected chi connectivity index (χ1v) is 9.85. The minimum atomic E-state index is 0.183. The first-order valence-electron chi connectivity index (χ1n) is 9.85. The topological polar surface area (TPSA) is 59.4 Å². The smallest absolute Gasteiger partial charge is 0.220 e. The number of carbonyl (C=O) groups is 1. The van der Waals surface area contributed by atoms with E-state index in [4.69, 9.17) is 4.74 Å². The molecule has 1 atom stereocenters. The molecule has 6 heteroatoms. The van der Waals surface area contributed by atoms with Gasteiger partial charge in [-0.15, -0.1) is 0 Å². The predicted octanol–water partition coefficient (Wildman–Crippen LogP) is 2.19. The molecule has 2 saturated heterocycles. The summed E-state index contributed by atoms with van der Waals surface area (Å²) in [6.45, 7) is 7.82. The number of piperidine rings is 1. The Balaban J connectivity index is 1.30. The maximum atomic E-state index is 12.0. The fourth-order valence-corrected chi connectivity index (χ4v) is 3.87. The Kier molecular flexibility index (Phi) is 6.87. The van der Waals surface area contributed by atoms with E-state index in [2.05, 4.69) is 32.9 Å². The third-order valence-corrected chi connectivity index (χ3v) is 5.55. The van der Waals surface area contributed by atoms with Crippen molar-refractivity contribution < 1.29 is 9.53 Å². The van der Waals surface area contributed by atoms with Crippen LogP contribution in [0.2, 0.25) is 0 Å². The number of ether oxygens (including phenoxy) is 1. The minimum absolute atomic E-state index is 0.183. The van der Waals surface area contributed by atoms with Crippen molar-refractivity contribution in [3.63, 3.8) is 0 Å². The van der Waals surface area contributed by atoms with Crippen molar-refractivity contribution in [3.05, 3.63) is 18.2 Å². The molecule has 1 amide bonds. The molecule has 0 aliphatic carbocycles. The number of carbonyl (C=O) groups excluding carboxylic acids is 1. The first-order chi connectivity index (χ1) is 12.2. The second-order valence-corrected chi connectivity index (χ2v) is 7.33. The molecule has 2 aliphatic rings. The van der Waals surface area contributed by atoms with Gasteiger partial charge in [-0.25, -0.2) is 4.98 Å². The van der Waals surface area contributed by atoms with Gasteiger partial charge in [0.2, 0.25) is 5.91 Å². The average molecular weight is 348 g/mol. The summed E-state index contributed by atoms with van der Waals surface area (Å²) in [6, 6.07) is 0. The Morgan fingerprint density at radius 1 is 1.36 bits per heavy atom. The fraction of sp³-hybridized carbons (Fsp3) is 0.789. The quantitative estimate of drug-likeness (QED) is 0.782. The number of aromatic nitrogens is 2. The molecule has 3 heterocycles. The van der Waals surface area contributed by atoms with E-state index in [9.17, 15) is 4.79 Å². The molecule has 140 valence electrons. The third kappa shape index (κ3) is 5.54. The van der Waals surface area contributed by atoms with E-state index >= 15 is 0 Å². The monoisotopic (exact) mass is 348 g/mol. The summed E-state index contributed by atoms with van der Waals surface area (Å²) in [6.07, 6.45) is 10.4. The van der Waals surface area contributed by atoms with Gasteiger partial charge in [0.15, 0.2) is 0 Å². The average Bonchev–Trinajstić information content (AvgIpc) is 3.31. The second-order valence-electron chi connectivity index (χ2n) is 7.33. The summed E-state index contributed by atoms with van der Waals surface area (Å²) >= 11 is 0. The Hall–Kier alpha value is -1.40. The normalized spacial score (nSPS) is 22.4. The van der Waals surface area contributed by atoms with Crippen LogP contribution in [-0.2, 0) is 22.6 Å². The van der Waals surface area contributed by atoms with Gasteiger partial charge in [0.05, 0.1) is 12.6 Å². The number of imidazole rings is 1. The Morgan fingerprint density at radius 3 is 2.92 bits per heavy atom. The minimum Gasteiger partial charge on any atom is -0.376 e. The van der Waals surface area contributed by atoms with Crippen LogP contribution in [0.4, 0.5) is 0 Å². The Morgan fingerprint density at radius 2 is 2.20 bits per heavy atom. The van der Waals surface area contributed by atoms with Crippen molar-refractivity contribution in [1.29, 1.82) is 0 Å². The van der Waals surface area contributed by atoms with Crippen LogP contribution in [0.25, 0.3) is 0 Å². The van der Waals surface area contributed by atoms with E-state index < -0.39 is 0 Å². The molecule has 2 aliphatic heterocycles. The summed E-state index contributed by atoms with van der Waals surface area (Å²) in [4.78, 5) is 19.0. The van der Waals surface area contributed by atoms with Crippen molar-refractivity contribution >= 4 is 5.91 Å². The SMILES string of the molecule is CCn1ccnc1CN1CCC(CCC(=O)NCC2CCCO2)CC1. The van der Waals surface area contributed by atoms with Crippen LogP contribution in [0.1, 0.15) is 51.3 Å². The van der Waals surface area contributed by atoms with E-state index in [0.29, 0.717) is 18.9 Å². The molecule has 2 fully saturated rings. The molecule has 0 saturated carbocycles. The van der Waals surface area contributed by atoms with Crippen LogP contribution >= 0.6 is 0 Å². The van der Waals surface area contributed by atoms with E-state index in [1.807, 2.05) is 6.20 Å². The molecular formula is C19H32N4O2. The molecule has 25 heavy (non-hydrogen) atoms. The largest absolute Gasteiger partial charge is 0.376 e. The molecule has 1 N–H and O–H groups in total. The highest BCUT2D eigenvalue weighted by Gasteiger charge is 2.21. The lowest BCUT2D eigenvalue weighted by molar-refractivity contribution is -0.122. The van der Waals surface area contributed by atoms with E-state index in [-0.39, 0.29) is 12.0 Å². The van der Waals surface area contributed by atoms with Gasteiger partial charge in [-0.3, -0.25) is 9.69 Å². The van der Waals surface area contributed by atoms with Crippen molar-refractivity contribution in [1.82, 2.24) is 19.8 Å². The molecule has 3 rings (SSSR count). The zero-order valence-corrected chi connectivity index (χ0v) is 15.5. The maximum Gasteiger partial charge on any atom is 0.220 e. The second kappa shape index (κ2) is 9.34. The van der Waals surface area contributed by atoms with Crippen molar-refractivity contribution in [3.8, 4) is 0 Å². The summed E-state index contributed by atoms with van der Waals surface area (Å²) < 4.78 is 7.75. The van der Waals surface area contributed by atoms with Gasteiger partial charge in [-0.1, -0.05) is 0 Å². The van der Waals surface area contributed by atoms with Crippen LogP contribution in [0, 0.1) is 5.92 Å². The highest BCUT2D eigenvalue weighted by atomic mass is 16.5. The lowest BCUT2D eigenvalue weighted by Crippen LogP contribution is -2.35. The molecule has 0 spiro atoms. The number of likely N-dealkylation sites (tertiary alicyclic amines) is 1. The van der Waals surface area contributed by atoms with Crippen molar-refractivity contribution in [2.45, 2.75) is 64.6 Å². The zero-order valence-electron chi connectivity index (χ0n) is 15.5. The molecule has 6 nitrogen and oxygen atoms in total. The van der Waals surface area contributed by atoms with Crippen LogP contribution < -0.4 is 5.32 Å². The number of aryl methyl sites for hydroxylation is 1. The number of hydrogen-bond donors (Lipinski definition) is 1. The highest BCUT2D eigenvalue weighted by Crippen LogP contribution is 2.23. The highest BCUT2D eigenvalue weighted by molar-refractivity contribution is 5.75. The fourth-order valence-electron chi connectivity index (χ4n) is 3.87. The standard InChI is InChI=1S/C19H32N4O2/c1-2-23-12-9-20-18(23)15-22-10-7-16(8-11-22)5-6-19(24)21-14-17-4-3-13-25-17/h9,12,16-17H,2-8,10-11,13-15H2,1H3,(H,21,24). The summed E-state index contributed by atoms with van der Waals surface area (Å²) in [5, 5.41) is 3.03. The van der Waals surface area contributed by atoms with Gasteiger partial charge in [0.1, 0.15) is 5.82 Å². The molecule has 0 aromatic carbocycles. The predicted molar refractivity (Wildman–Crippen MR) is 97.1 cm³/mol. The molecule has 0 radical (unpaired) electrons. The number of nitrogens with one attached hydrogen (secondary N) is 1. The first kappa shape index (κ1) is 18.4. The van der Waals surface area contributed by atoms with Crippen LogP contribution in [0.5, 0.6) is 0 Å². The zero-order chi connectivity index (χ0) is 17.5.